The van der Waals surface area contributed by atoms with Crippen LogP contribution in [-0.2, 0) is 19.6 Å². The average molecular weight is 336 g/mol. The SMILES string of the molecule is CCN(CC(=O)OC)S(=O)(=O)c1ccc(C(=O)O)c(Cl)c1. The van der Waals surface area contributed by atoms with Crippen LogP contribution in [0.4, 0.5) is 0 Å². The van der Waals surface area contributed by atoms with Gasteiger partial charge in [0, 0.05) is 6.54 Å². The topological polar surface area (TPSA) is 101 Å². The molecule has 1 aromatic carbocycles. The minimum atomic E-state index is -3.97. The highest BCUT2D eigenvalue weighted by Gasteiger charge is 2.26. The summed E-state index contributed by atoms with van der Waals surface area (Å²) in [6.07, 6.45) is 0. The highest BCUT2D eigenvalue weighted by molar-refractivity contribution is 7.89. The fourth-order valence-corrected chi connectivity index (χ4v) is 3.30. The Kier molecular flexibility index (Phi) is 5.70. The van der Waals surface area contributed by atoms with Gasteiger partial charge in [-0.15, -0.1) is 0 Å². The second kappa shape index (κ2) is 6.88. The van der Waals surface area contributed by atoms with Crippen LogP contribution >= 0.6 is 11.6 Å². The summed E-state index contributed by atoms with van der Waals surface area (Å²) in [4.78, 5) is 21.9. The van der Waals surface area contributed by atoms with E-state index in [2.05, 4.69) is 4.74 Å². The summed E-state index contributed by atoms with van der Waals surface area (Å²) in [5, 5.41) is 8.66. The predicted octanol–water partition coefficient (Wildman–Crippen LogP) is 1.22. The molecule has 0 aliphatic carbocycles. The number of carboxylic acid groups (broad SMARTS) is 1. The van der Waals surface area contributed by atoms with Gasteiger partial charge < -0.3 is 9.84 Å². The lowest BCUT2D eigenvalue weighted by Crippen LogP contribution is -2.36. The molecule has 0 spiro atoms. The second-order valence-electron chi connectivity index (χ2n) is 3.95. The number of aromatic carboxylic acids is 1. The number of carbonyl (C=O) groups excluding carboxylic acids is 1. The minimum absolute atomic E-state index is 0.0513. The first-order chi connectivity index (χ1) is 9.73. The van der Waals surface area contributed by atoms with E-state index < -0.39 is 28.5 Å². The molecule has 0 aliphatic heterocycles. The van der Waals surface area contributed by atoms with E-state index in [4.69, 9.17) is 16.7 Å². The highest BCUT2D eigenvalue weighted by Crippen LogP contribution is 2.23. The Morgan fingerprint density at radius 3 is 2.43 bits per heavy atom. The van der Waals surface area contributed by atoms with Gasteiger partial charge in [0.25, 0.3) is 0 Å². The first-order valence-electron chi connectivity index (χ1n) is 5.83. The standard InChI is InChI=1S/C12H14ClNO6S/c1-3-14(7-11(15)20-2)21(18,19)8-4-5-9(12(16)17)10(13)6-8/h4-6H,3,7H2,1-2H3,(H,16,17). The Morgan fingerprint density at radius 1 is 1.38 bits per heavy atom. The molecule has 0 bridgehead atoms. The van der Waals surface area contributed by atoms with Crippen LogP contribution < -0.4 is 0 Å². The first-order valence-corrected chi connectivity index (χ1v) is 7.65. The van der Waals surface area contributed by atoms with Gasteiger partial charge in [0.15, 0.2) is 0 Å². The molecule has 9 heteroatoms. The molecule has 0 aliphatic rings. The molecule has 0 heterocycles. The maximum Gasteiger partial charge on any atom is 0.337 e. The van der Waals surface area contributed by atoms with E-state index in [0.29, 0.717) is 0 Å². The van der Waals surface area contributed by atoms with E-state index in [1.807, 2.05) is 0 Å². The number of likely N-dealkylation sites (N-methyl/N-ethyl adjacent to an activating group) is 1. The van der Waals surface area contributed by atoms with Crippen LogP contribution in [0.2, 0.25) is 5.02 Å². The van der Waals surface area contributed by atoms with E-state index in [1.54, 1.807) is 6.92 Å². The molecule has 0 aromatic heterocycles. The number of hydrogen-bond acceptors (Lipinski definition) is 5. The molecule has 21 heavy (non-hydrogen) atoms. The zero-order chi connectivity index (χ0) is 16.2. The lowest BCUT2D eigenvalue weighted by Gasteiger charge is -2.19. The van der Waals surface area contributed by atoms with Crippen LogP contribution in [0.5, 0.6) is 0 Å². The third-order valence-electron chi connectivity index (χ3n) is 2.69. The summed E-state index contributed by atoms with van der Waals surface area (Å²) in [5.41, 5.74) is -0.202. The number of rotatable bonds is 6. The molecule has 0 radical (unpaired) electrons. The van der Waals surface area contributed by atoms with Crippen LogP contribution in [0.1, 0.15) is 17.3 Å². The molecule has 0 fully saturated rings. The highest BCUT2D eigenvalue weighted by atomic mass is 35.5. The van der Waals surface area contributed by atoms with Gasteiger partial charge in [-0.25, -0.2) is 13.2 Å². The van der Waals surface area contributed by atoms with E-state index in [9.17, 15) is 18.0 Å². The van der Waals surface area contributed by atoms with Crippen LogP contribution in [0.3, 0.4) is 0 Å². The van der Waals surface area contributed by atoms with E-state index in [-0.39, 0.29) is 22.0 Å². The monoisotopic (exact) mass is 335 g/mol. The number of benzene rings is 1. The van der Waals surface area contributed by atoms with Gasteiger partial charge in [-0.3, -0.25) is 4.79 Å². The summed E-state index contributed by atoms with van der Waals surface area (Å²) < 4.78 is 30.1. The molecule has 116 valence electrons. The number of esters is 1. The van der Waals surface area contributed by atoms with E-state index >= 15 is 0 Å². The van der Waals surface area contributed by atoms with Gasteiger partial charge in [0.05, 0.1) is 22.6 Å². The Morgan fingerprint density at radius 2 is 2.00 bits per heavy atom. The van der Waals surface area contributed by atoms with Crippen molar-refractivity contribution in [3.8, 4) is 0 Å². The zero-order valence-corrected chi connectivity index (χ0v) is 12.9. The predicted molar refractivity (Wildman–Crippen MR) is 74.9 cm³/mol. The number of hydrogen-bond donors (Lipinski definition) is 1. The zero-order valence-electron chi connectivity index (χ0n) is 11.4. The number of ether oxygens (including phenoxy) is 1. The number of halogens is 1. The van der Waals surface area contributed by atoms with Crippen molar-refractivity contribution < 1.29 is 27.9 Å². The Bertz CT molecular complexity index is 658. The van der Waals surface area contributed by atoms with Crippen molar-refractivity contribution >= 4 is 33.6 Å². The minimum Gasteiger partial charge on any atom is -0.478 e. The molecule has 0 amide bonds. The maximum atomic E-state index is 12.4. The Balaban J connectivity index is 3.20. The van der Waals surface area contributed by atoms with Crippen molar-refractivity contribution in [3.05, 3.63) is 28.8 Å². The van der Waals surface area contributed by atoms with Crippen molar-refractivity contribution in [3.63, 3.8) is 0 Å². The van der Waals surface area contributed by atoms with Crippen LogP contribution in [-0.4, -0.2) is 50.0 Å². The van der Waals surface area contributed by atoms with E-state index in [0.717, 1.165) is 29.6 Å². The average Bonchev–Trinajstić information content (AvgIpc) is 2.43. The normalized spacial score (nSPS) is 11.4. The largest absolute Gasteiger partial charge is 0.478 e. The van der Waals surface area contributed by atoms with Crippen molar-refractivity contribution in [2.75, 3.05) is 20.2 Å². The lowest BCUT2D eigenvalue weighted by molar-refractivity contribution is -0.140. The Hall–Kier alpha value is -1.64. The van der Waals surface area contributed by atoms with Crippen molar-refractivity contribution in [1.29, 1.82) is 0 Å². The van der Waals surface area contributed by atoms with Gasteiger partial charge >= 0.3 is 11.9 Å². The number of sulfonamides is 1. The second-order valence-corrected chi connectivity index (χ2v) is 6.30. The molecule has 0 saturated carbocycles. The summed E-state index contributed by atoms with van der Waals surface area (Å²) in [7, 11) is -2.81. The molecular weight excluding hydrogens is 322 g/mol. The first kappa shape index (κ1) is 17.4. The quantitative estimate of drug-likeness (QED) is 0.784. The molecule has 1 aromatic rings. The maximum absolute atomic E-state index is 12.4. The summed E-state index contributed by atoms with van der Waals surface area (Å²) >= 11 is 5.76. The number of carboxylic acids is 1. The molecule has 1 N–H and O–H groups in total. The van der Waals surface area contributed by atoms with Crippen LogP contribution in [0, 0.1) is 0 Å². The van der Waals surface area contributed by atoms with Gasteiger partial charge in [-0.05, 0) is 18.2 Å². The van der Waals surface area contributed by atoms with Gasteiger partial charge in [0.2, 0.25) is 10.0 Å². The molecule has 7 nitrogen and oxygen atoms in total. The summed E-state index contributed by atoms with van der Waals surface area (Å²) in [5.74, 6) is -1.96. The fraction of sp³-hybridized carbons (Fsp3) is 0.333. The van der Waals surface area contributed by atoms with Gasteiger partial charge in [0.1, 0.15) is 6.54 Å². The molecule has 0 unspecified atom stereocenters. The number of methoxy groups -OCH3 is 1. The third kappa shape index (κ3) is 3.93. The summed E-state index contributed by atoms with van der Waals surface area (Å²) in [6, 6.07) is 3.27. The molecule has 1 rings (SSSR count). The number of nitrogens with zero attached hydrogens (tertiary/aromatic N) is 1. The third-order valence-corrected chi connectivity index (χ3v) is 4.92. The van der Waals surface area contributed by atoms with E-state index in [1.165, 1.54) is 0 Å². The van der Waals surface area contributed by atoms with Crippen LogP contribution in [0.25, 0.3) is 0 Å². The molecule has 0 atom stereocenters. The van der Waals surface area contributed by atoms with Gasteiger partial charge in [-0.1, -0.05) is 18.5 Å². The van der Waals surface area contributed by atoms with Gasteiger partial charge in [-0.2, -0.15) is 4.31 Å². The van der Waals surface area contributed by atoms with Crippen molar-refractivity contribution in [2.24, 2.45) is 0 Å². The number of carbonyl (C=O) groups is 2. The summed E-state index contributed by atoms with van der Waals surface area (Å²) in [6.45, 7) is 1.18. The van der Waals surface area contributed by atoms with Crippen molar-refractivity contribution in [2.45, 2.75) is 11.8 Å². The van der Waals surface area contributed by atoms with Crippen molar-refractivity contribution in [1.82, 2.24) is 4.31 Å². The fourth-order valence-electron chi connectivity index (χ4n) is 1.55. The lowest BCUT2D eigenvalue weighted by atomic mass is 10.2. The Labute approximate surface area is 127 Å². The molecular formula is C12H14ClNO6S. The smallest absolute Gasteiger partial charge is 0.337 e. The molecule has 0 saturated heterocycles. The van der Waals surface area contributed by atoms with Crippen LogP contribution in [0.15, 0.2) is 23.1 Å².